The Morgan fingerprint density at radius 3 is 2.15 bits per heavy atom. The van der Waals surface area contributed by atoms with Gasteiger partial charge in [0, 0.05) is 13.8 Å². The van der Waals surface area contributed by atoms with Gasteiger partial charge in [0.2, 0.25) is 0 Å². The fourth-order valence-corrected chi connectivity index (χ4v) is 1.16. The van der Waals surface area contributed by atoms with Crippen LogP contribution in [0.2, 0.25) is 0 Å². The summed E-state index contributed by atoms with van der Waals surface area (Å²) in [6.45, 7) is 2.77. The highest BCUT2D eigenvalue weighted by molar-refractivity contribution is 9.12. The number of esters is 2. The number of alkyl halides is 2. The van der Waals surface area contributed by atoms with Gasteiger partial charge in [-0.1, -0.05) is 15.9 Å². The summed E-state index contributed by atoms with van der Waals surface area (Å²) < 4.78 is 9.48. The third-order valence-corrected chi connectivity index (χ3v) is 3.29. The molecule has 0 heterocycles. The first-order valence-electron chi connectivity index (χ1n) is 3.52. The third-order valence-electron chi connectivity index (χ3n) is 1.01. The van der Waals surface area contributed by atoms with Gasteiger partial charge < -0.3 is 9.47 Å². The number of hydrogen-bond acceptors (Lipinski definition) is 4. The van der Waals surface area contributed by atoms with Gasteiger partial charge in [-0.05, 0) is 15.9 Å². The molecule has 0 saturated heterocycles. The molecule has 0 radical (unpaired) electrons. The maximum Gasteiger partial charge on any atom is 0.303 e. The maximum atomic E-state index is 10.5. The van der Waals surface area contributed by atoms with Crippen molar-refractivity contribution in [2.24, 2.45) is 0 Å². The lowest BCUT2D eigenvalue weighted by atomic mass is 10.5. The molecule has 0 amide bonds. The minimum Gasteiger partial charge on any atom is -0.464 e. The fraction of sp³-hybridized carbons (Fsp3) is 0.714. The van der Waals surface area contributed by atoms with E-state index in [9.17, 15) is 9.59 Å². The smallest absolute Gasteiger partial charge is 0.303 e. The van der Waals surface area contributed by atoms with E-state index in [1.54, 1.807) is 0 Å². The molecule has 0 aliphatic carbocycles. The highest BCUT2D eigenvalue weighted by atomic mass is 79.9. The lowest BCUT2D eigenvalue weighted by Gasteiger charge is -2.15. The molecule has 0 aliphatic rings. The molecule has 0 fully saturated rings. The van der Waals surface area contributed by atoms with E-state index in [2.05, 4.69) is 31.9 Å². The summed E-state index contributed by atoms with van der Waals surface area (Å²) in [7, 11) is 0. The van der Waals surface area contributed by atoms with Crippen LogP contribution in [0.3, 0.4) is 0 Å². The molecule has 0 aromatic heterocycles. The third kappa shape index (κ3) is 7.01. The van der Waals surface area contributed by atoms with Crippen LogP contribution in [0, 0.1) is 0 Å². The Hall–Kier alpha value is -0.100. The highest BCUT2D eigenvalue weighted by Crippen LogP contribution is 2.16. The molecule has 0 aliphatic heterocycles. The second-order valence-electron chi connectivity index (χ2n) is 2.28. The largest absolute Gasteiger partial charge is 0.464 e. The van der Waals surface area contributed by atoms with Crippen LogP contribution >= 0.6 is 31.9 Å². The van der Waals surface area contributed by atoms with Crippen LogP contribution in [0.15, 0.2) is 0 Å². The average Bonchev–Trinajstić information content (AvgIpc) is 1.98. The van der Waals surface area contributed by atoms with Crippen molar-refractivity contribution < 1.29 is 19.1 Å². The fourth-order valence-electron chi connectivity index (χ4n) is 0.505. The molecule has 0 bridgehead atoms. The number of rotatable bonds is 4. The Morgan fingerprint density at radius 1 is 1.23 bits per heavy atom. The molecule has 0 spiro atoms. The molecule has 0 N–H and O–H groups in total. The van der Waals surface area contributed by atoms with Crippen LogP contribution in [0.4, 0.5) is 0 Å². The van der Waals surface area contributed by atoms with Crippen LogP contribution in [0.1, 0.15) is 13.8 Å². The van der Waals surface area contributed by atoms with E-state index in [-0.39, 0.29) is 17.4 Å². The second-order valence-corrected chi connectivity index (χ2v) is 4.36. The van der Waals surface area contributed by atoms with Crippen molar-refractivity contribution in [3.8, 4) is 0 Å². The first kappa shape index (κ1) is 12.9. The molecule has 13 heavy (non-hydrogen) atoms. The SMILES string of the molecule is CC(=O)OCC(Br)C(Br)OC(C)=O. The normalized spacial score (nSPS) is 14.5. The van der Waals surface area contributed by atoms with Crippen LogP contribution in [-0.4, -0.2) is 28.4 Å². The van der Waals surface area contributed by atoms with Crippen LogP contribution in [-0.2, 0) is 19.1 Å². The topological polar surface area (TPSA) is 52.6 Å². The van der Waals surface area contributed by atoms with Crippen molar-refractivity contribution >= 4 is 43.8 Å². The van der Waals surface area contributed by atoms with Crippen molar-refractivity contribution in [2.75, 3.05) is 6.61 Å². The molecule has 2 atom stereocenters. The summed E-state index contributed by atoms with van der Waals surface area (Å²) in [6.07, 6.45) is 0. The molecule has 2 unspecified atom stereocenters. The molecule has 76 valence electrons. The number of ether oxygens (including phenoxy) is 2. The van der Waals surface area contributed by atoms with Gasteiger partial charge in [-0.15, -0.1) is 0 Å². The number of carbonyl (C=O) groups is 2. The molecular weight excluding hydrogens is 308 g/mol. The number of halogens is 2. The summed E-state index contributed by atoms with van der Waals surface area (Å²) in [6, 6.07) is 0. The Labute approximate surface area is 93.2 Å². The molecular formula is C7H10Br2O4. The minimum absolute atomic E-state index is 0.151. The average molecular weight is 318 g/mol. The summed E-state index contributed by atoms with van der Waals surface area (Å²) in [5.74, 6) is -0.763. The summed E-state index contributed by atoms with van der Waals surface area (Å²) in [5, 5.41) is -0.496. The summed E-state index contributed by atoms with van der Waals surface area (Å²) in [5.41, 5.74) is 0. The van der Waals surface area contributed by atoms with Crippen LogP contribution in [0.25, 0.3) is 0 Å². The Kier molecular flexibility index (Phi) is 6.32. The van der Waals surface area contributed by atoms with Gasteiger partial charge in [-0.2, -0.15) is 0 Å². The van der Waals surface area contributed by atoms with E-state index in [0.717, 1.165) is 0 Å². The van der Waals surface area contributed by atoms with Gasteiger partial charge in [0.25, 0.3) is 0 Å². The predicted molar refractivity (Wildman–Crippen MR) is 53.8 cm³/mol. The first-order chi connectivity index (χ1) is 5.93. The van der Waals surface area contributed by atoms with Gasteiger partial charge in [0.15, 0.2) is 5.01 Å². The lowest BCUT2D eigenvalue weighted by molar-refractivity contribution is -0.143. The molecule has 0 saturated carbocycles. The number of carbonyl (C=O) groups excluding carboxylic acids is 2. The summed E-state index contributed by atoms with van der Waals surface area (Å²) >= 11 is 6.31. The van der Waals surface area contributed by atoms with Crippen molar-refractivity contribution in [2.45, 2.75) is 23.7 Å². The van der Waals surface area contributed by atoms with E-state index < -0.39 is 11.0 Å². The van der Waals surface area contributed by atoms with Gasteiger partial charge in [0.05, 0.1) is 4.83 Å². The van der Waals surface area contributed by atoms with E-state index in [1.807, 2.05) is 0 Å². The Morgan fingerprint density at radius 2 is 1.77 bits per heavy atom. The molecule has 0 rings (SSSR count). The van der Waals surface area contributed by atoms with Crippen LogP contribution in [0.5, 0.6) is 0 Å². The highest BCUT2D eigenvalue weighted by Gasteiger charge is 2.19. The molecule has 6 heteroatoms. The van der Waals surface area contributed by atoms with E-state index >= 15 is 0 Å². The van der Waals surface area contributed by atoms with Crippen LogP contribution < -0.4 is 0 Å². The maximum absolute atomic E-state index is 10.5. The Balaban J connectivity index is 3.75. The summed E-state index contributed by atoms with van der Waals surface area (Å²) in [4.78, 5) is 20.7. The van der Waals surface area contributed by atoms with Gasteiger partial charge in [-0.25, -0.2) is 0 Å². The predicted octanol–water partition coefficient (Wildman–Crippen LogP) is 1.60. The first-order valence-corrected chi connectivity index (χ1v) is 5.35. The van der Waals surface area contributed by atoms with Crippen molar-refractivity contribution in [1.29, 1.82) is 0 Å². The number of hydrogen-bond donors (Lipinski definition) is 0. The zero-order chi connectivity index (χ0) is 10.4. The zero-order valence-electron chi connectivity index (χ0n) is 7.25. The lowest BCUT2D eigenvalue weighted by Crippen LogP contribution is -2.25. The van der Waals surface area contributed by atoms with E-state index in [0.29, 0.717) is 0 Å². The minimum atomic E-state index is -0.496. The quantitative estimate of drug-likeness (QED) is 0.584. The standard InChI is InChI=1S/C7H10Br2O4/c1-4(10)12-3-6(8)7(9)13-5(2)11/h6-7H,3H2,1-2H3. The van der Waals surface area contributed by atoms with Crippen molar-refractivity contribution in [3.63, 3.8) is 0 Å². The Bertz CT molecular complexity index is 195. The van der Waals surface area contributed by atoms with Crippen molar-refractivity contribution in [1.82, 2.24) is 0 Å². The zero-order valence-corrected chi connectivity index (χ0v) is 10.4. The molecule has 0 aromatic carbocycles. The van der Waals surface area contributed by atoms with Gasteiger partial charge >= 0.3 is 11.9 Å². The van der Waals surface area contributed by atoms with E-state index in [4.69, 9.17) is 9.47 Å². The van der Waals surface area contributed by atoms with Gasteiger partial charge in [-0.3, -0.25) is 9.59 Å². The van der Waals surface area contributed by atoms with E-state index in [1.165, 1.54) is 13.8 Å². The van der Waals surface area contributed by atoms with Crippen molar-refractivity contribution in [3.05, 3.63) is 0 Å². The van der Waals surface area contributed by atoms with Gasteiger partial charge in [0.1, 0.15) is 6.61 Å². The molecule has 4 nitrogen and oxygen atoms in total. The molecule has 0 aromatic rings. The monoisotopic (exact) mass is 316 g/mol. The second kappa shape index (κ2) is 6.37.